The summed E-state index contributed by atoms with van der Waals surface area (Å²) in [6.45, 7) is 3.88. The maximum Gasteiger partial charge on any atom is 0.0795 e. The lowest BCUT2D eigenvalue weighted by Crippen LogP contribution is -2.11. The third-order valence-electron chi connectivity index (χ3n) is 2.00. The lowest BCUT2D eigenvalue weighted by Gasteiger charge is -1.99. The number of nitrogens with one attached hydrogen (secondary N) is 1. The van der Waals surface area contributed by atoms with Crippen LogP contribution < -0.4 is 5.32 Å². The number of rotatable bonds is 4. The van der Waals surface area contributed by atoms with Gasteiger partial charge in [0.05, 0.1) is 11.2 Å². The molecule has 0 amide bonds. The van der Waals surface area contributed by atoms with Gasteiger partial charge in [0.2, 0.25) is 0 Å². The highest BCUT2D eigenvalue weighted by Gasteiger charge is 2.02. The molecule has 0 unspecified atom stereocenters. The van der Waals surface area contributed by atoms with Gasteiger partial charge in [0, 0.05) is 32.7 Å². The molecule has 80 valence electrons. The van der Waals surface area contributed by atoms with E-state index in [0.717, 1.165) is 18.8 Å². The Kier molecular flexibility index (Phi) is 3.91. The van der Waals surface area contributed by atoms with Gasteiger partial charge in [-0.2, -0.15) is 0 Å². The van der Waals surface area contributed by atoms with E-state index >= 15 is 0 Å². The van der Waals surface area contributed by atoms with Crippen molar-refractivity contribution in [3.8, 4) is 0 Å². The van der Waals surface area contributed by atoms with Gasteiger partial charge in [-0.05, 0) is 28.9 Å². The summed E-state index contributed by atoms with van der Waals surface area (Å²) in [5.41, 5.74) is 2.98. The highest BCUT2D eigenvalue weighted by atomic mass is 79.9. The summed E-state index contributed by atoms with van der Waals surface area (Å²) in [7, 11) is 0. The van der Waals surface area contributed by atoms with Crippen LogP contribution in [0.4, 0.5) is 0 Å². The minimum absolute atomic E-state index is 0.845. The fourth-order valence-corrected chi connectivity index (χ4v) is 3.37. The maximum absolute atomic E-state index is 4.22. The number of hydrogen-bond acceptors (Lipinski definition) is 4. The first-order valence-corrected chi connectivity index (χ1v) is 7.13. The molecule has 2 heterocycles. The fourth-order valence-electron chi connectivity index (χ4n) is 1.24. The summed E-state index contributed by atoms with van der Waals surface area (Å²) in [5.74, 6) is 0. The molecule has 0 aliphatic rings. The highest BCUT2D eigenvalue weighted by Crippen LogP contribution is 2.26. The second-order valence-electron chi connectivity index (χ2n) is 3.20. The molecule has 1 N–H and O–H groups in total. The van der Waals surface area contributed by atoms with E-state index in [4.69, 9.17) is 0 Å². The lowest BCUT2D eigenvalue weighted by atomic mass is 10.4. The molecular weight excluding hydrogens is 292 g/mol. The van der Waals surface area contributed by atoms with Gasteiger partial charge < -0.3 is 5.32 Å². The molecule has 0 atom stereocenters. The summed E-state index contributed by atoms with van der Waals surface area (Å²) in [6.07, 6.45) is 0. The fraction of sp³-hybridized carbons (Fsp3) is 0.300. The maximum atomic E-state index is 4.22. The third-order valence-corrected chi connectivity index (χ3v) is 4.77. The van der Waals surface area contributed by atoms with E-state index in [0.29, 0.717) is 0 Å². The predicted octanol–water partition coefficient (Wildman–Crippen LogP) is 3.57. The standard InChI is InChI=1S/C10H11BrN2S2/c1-7-10(11)2-9(15-7)4-12-3-8-5-14-6-13-8/h2,5-6,12H,3-4H2,1H3. The average molecular weight is 303 g/mol. The Hall–Kier alpha value is -0.230. The molecule has 0 aromatic carbocycles. The van der Waals surface area contributed by atoms with E-state index in [2.05, 4.69) is 44.6 Å². The van der Waals surface area contributed by atoms with E-state index in [-0.39, 0.29) is 0 Å². The number of aromatic nitrogens is 1. The molecule has 0 saturated heterocycles. The van der Waals surface area contributed by atoms with Gasteiger partial charge in [-0.15, -0.1) is 22.7 Å². The van der Waals surface area contributed by atoms with Crippen LogP contribution in [0.1, 0.15) is 15.4 Å². The van der Waals surface area contributed by atoms with E-state index in [1.54, 1.807) is 11.3 Å². The van der Waals surface area contributed by atoms with Crippen molar-refractivity contribution in [1.29, 1.82) is 0 Å². The van der Waals surface area contributed by atoms with Crippen molar-refractivity contribution in [3.05, 3.63) is 36.9 Å². The monoisotopic (exact) mass is 302 g/mol. The molecule has 5 heteroatoms. The van der Waals surface area contributed by atoms with Crippen molar-refractivity contribution in [1.82, 2.24) is 10.3 Å². The summed E-state index contributed by atoms with van der Waals surface area (Å²) in [4.78, 5) is 6.91. The molecule has 0 fully saturated rings. The number of aryl methyl sites for hydroxylation is 1. The molecule has 2 aromatic rings. The molecule has 0 saturated carbocycles. The molecule has 0 aliphatic carbocycles. The first-order valence-electron chi connectivity index (χ1n) is 4.58. The Morgan fingerprint density at radius 2 is 2.33 bits per heavy atom. The van der Waals surface area contributed by atoms with Crippen molar-refractivity contribution < 1.29 is 0 Å². The van der Waals surface area contributed by atoms with Crippen molar-refractivity contribution >= 4 is 38.6 Å². The van der Waals surface area contributed by atoms with Crippen LogP contribution in [0.5, 0.6) is 0 Å². The number of hydrogen-bond donors (Lipinski definition) is 1. The molecule has 0 bridgehead atoms. The molecule has 2 rings (SSSR count). The Morgan fingerprint density at radius 1 is 1.47 bits per heavy atom. The summed E-state index contributed by atoms with van der Waals surface area (Å²) >= 11 is 6.98. The predicted molar refractivity (Wildman–Crippen MR) is 69.4 cm³/mol. The number of thiophene rings is 1. The van der Waals surface area contributed by atoms with Crippen LogP contribution in [-0.2, 0) is 13.1 Å². The van der Waals surface area contributed by atoms with Gasteiger partial charge in [0.1, 0.15) is 0 Å². The Balaban J connectivity index is 1.83. The first-order chi connectivity index (χ1) is 7.25. The normalized spacial score (nSPS) is 10.8. The van der Waals surface area contributed by atoms with E-state index in [1.165, 1.54) is 14.2 Å². The summed E-state index contributed by atoms with van der Waals surface area (Å²) < 4.78 is 1.21. The van der Waals surface area contributed by atoms with Gasteiger partial charge in [-0.3, -0.25) is 0 Å². The molecular formula is C10H11BrN2S2. The molecule has 0 radical (unpaired) electrons. The number of thiazole rings is 1. The molecule has 0 spiro atoms. The number of nitrogens with zero attached hydrogens (tertiary/aromatic N) is 1. The largest absolute Gasteiger partial charge is 0.306 e. The van der Waals surface area contributed by atoms with Crippen molar-refractivity contribution in [2.45, 2.75) is 20.0 Å². The second-order valence-corrected chi connectivity index (χ2v) is 6.11. The number of halogens is 1. The Bertz CT molecular complexity index is 403. The molecule has 0 aliphatic heterocycles. The van der Waals surface area contributed by atoms with Crippen LogP contribution in [0.25, 0.3) is 0 Å². The molecule has 15 heavy (non-hydrogen) atoms. The Morgan fingerprint density at radius 3 is 2.93 bits per heavy atom. The van der Waals surface area contributed by atoms with Crippen LogP contribution in [0.2, 0.25) is 0 Å². The Labute approximate surface area is 106 Å². The van der Waals surface area contributed by atoms with Gasteiger partial charge >= 0.3 is 0 Å². The van der Waals surface area contributed by atoms with Crippen LogP contribution in [0, 0.1) is 6.92 Å². The van der Waals surface area contributed by atoms with Gasteiger partial charge in [0.25, 0.3) is 0 Å². The topological polar surface area (TPSA) is 24.9 Å². The van der Waals surface area contributed by atoms with Crippen molar-refractivity contribution in [2.75, 3.05) is 0 Å². The third kappa shape index (κ3) is 3.11. The zero-order valence-corrected chi connectivity index (χ0v) is 11.5. The minimum atomic E-state index is 0.845. The lowest BCUT2D eigenvalue weighted by molar-refractivity contribution is 0.689. The average Bonchev–Trinajstić information content (AvgIpc) is 2.79. The smallest absolute Gasteiger partial charge is 0.0795 e. The highest BCUT2D eigenvalue weighted by molar-refractivity contribution is 9.10. The van der Waals surface area contributed by atoms with Gasteiger partial charge in [-0.25, -0.2) is 4.98 Å². The van der Waals surface area contributed by atoms with E-state index in [1.807, 2.05) is 16.8 Å². The zero-order valence-electron chi connectivity index (χ0n) is 8.29. The zero-order chi connectivity index (χ0) is 10.7. The summed E-state index contributed by atoms with van der Waals surface area (Å²) in [6, 6.07) is 2.17. The van der Waals surface area contributed by atoms with E-state index < -0.39 is 0 Å². The molecule has 2 nitrogen and oxygen atoms in total. The second kappa shape index (κ2) is 5.21. The van der Waals surface area contributed by atoms with Gasteiger partial charge in [-0.1, -0.05) is 0 Å². The minimum Gasteiger partial charge on any atom is -0.306 e. The van der Waals surface area contributed by atoms with Gasteiger partial charge in [0.15, 0.2) is 0 Å². The van der Waals surface area contributed by atoms with Crippen LogP contribution in [-0.4, -0.2) is 4.98 Å². The first kappa shape index (κ1) is 11.3. The van der Waals surface area contributed by atoms with Crippen LogP contribution >= 0.6 is 38.6 Å². The van der Waals surface area contributed by atoms with E-state index in [9.17, 15) is 0 Å². The molecule has 2 aromatic heterocycles. The van der Waals surface area contributed by atoms with Crippen LogP contribution in [0.3, 0.4) is 0 Å². The SMILES string of the molecule is Cc1sc(CNCc2cscn2)cc1Br. The van der Waals surface area contributed by atoms with Crippen molar-refractivity contribution in [3.63, 3.8) is 0 Å². The summed E-state index contributed by atoms with van der Waals surface area (Å²) in [5, 5.41) is 5.45. The van der Waals surface area contributed by atoms with Crippen molar-refractivity contribution in [2.24, 2.45) is 0 Å². The quantitative estimate of drug-likeness (QED) is 0.934. The van der Waals surface area contributed by atoms with Crippen LogP contribution in [0.15, 0.2) is 21.4 Å².